The van der Waals surface area contributed by atoms with E-state index in [0.29, 0.717) is 31.5 Å². The number of hydrogen-bond acceptors (Lipinski definition) is 8. The summed E-state index contributed by atoms with van der Waals surface area (Å²) < 4.78 is 5.47. The predicted octanol–water partition coefficient (Wildman–Crippen LogP) is 1.40. The van der Waals surface area contributed by atoms with E-state index in [1.807, 2.05) is 26.0 Å². The minimum Gasteiger partial charge on any atom is -0.395 e. The second-order valence-electron chi connectivity index (χ2n) is 6.13. The van der Waals surface area contributed by atoms with Crippen LogP contribution in [-0.4, -0.2) is 51.4 Å². The zero-order valence-corrected chi connectivity index (χ0v) is 14.6. The Hall–Kier alpha value is -2.32. The molecular formula is C17H24N6O2. The Balaban J connectivity index is 1.77. The number of rotatable bonds is 7. The lowest BCUT2D eigenvalue weighted by Crippen LogP contribution is -2.14. The molecule has 1 unspecified atom stereocenters. The second-order valence-corrected chi connectivity index (χ2v) is 6.13. The number of aliphatic hydroxyl groups is 1. The van der Waals surface area contributed by atoms with Gasteiger partial charge in [-0.25, -0.2) is 15.0 Å². The van der Waals surface area contributed by atoms with Crippen LogP contribution in [0.5, 0.6) is 0 Å². The first-order valence-electron chi connectivity index (χ1n) is 8.50. The molecule has 0 saturated carbocycles. The van der Waals surface area contributed by atoms with Gasteiger partial charge in [0.25, 0.3) is 0 Å². The van der Waals surface area contributed by atoms with Gasteiger partial charge in [-0.3, -0.25) is 0 Å². The lowest BCUT2D eigenvalue weighted by atomic mass is 10.0. The molecule has 0 spiro atoms. The normalized spacial score (nSPS) is 16.8. The van der Waals surface area contributed by atoms with Gasteiger partial charge in [0.2, 0.25) is 5.95 Å². The quantitative estimate of drug-likeness (QED) is 0.692. The van der Waals surface area contributed by atoms with Gasteiger partial charge in [0.05, 0.1) is 25.5 Å². The standard InChI is InChI=1S/C17H24N6O2/c1-11-7-12(2)21-16(20-11)9-19-15-8-14(13-3-6-25-10-13)22-17(23-15)18-4-5-24/h7-8,13,24H,3-6,9-10H2,1-2H3,(H2,18,19,22,23). The maximum Gasteiger partial charge on any atom is 0.224 e. The molecule has 1 saturated heterocycles. The number of nitrogens with one attached hydrogen (secondary N) is 2. The van der Waals surface area contributed by atoms with Crippen LogP contribution in [0.4, 0.5) is 11.8 Å². The maximum atomic E-state index is 9.01. The van der Waals surface area contributed by atoms with Crippen LogP contribution in [0.15, 0.2) is 12.1 Å². The summed E-state index contributed by atoms with van der Waals surface area (Å²) in [7, 11) is 0. The van der Waals surface area contributed by atoms with Gasteiger partial charge in [-0.05, 0) is 26.3 Å². The van der Waals surface area contributed by atoms with E-state index in [2.05, 4.69) is 30.6 Å². The Kier molecular flexibility index (Phi) is 5.72. The fourth-order valence-corrected chi connectivity index (χ4v) is 2.83. The summed E-state index contributed by atoms with van der Waals surface area (Å²) in [6.45, 7) is 6.27. The number of hydrogen-bond donors (Lipinski definition) is 3. The number of anilines is 2. The summed E-state index contributed by atoms with van der Waals surface area (Å²) in [5.74, 6) is 2.21. The SMILES string of the molecule is Cc1cc(C)nc(CNc2cc(C3CCOC3)nc(NCCO)n2)n1. The van der Waals surface area contributed by atoms with Crippen molar-refractivity contribution in [2.75, 3.05) is 37.0 Å². The molecule has 1 aliphatic heterocycles. The summed E-state index contributed by atoms with van der Waals surface area (Å²) in [6, 6.07) is 3.90. The van der Waals surface area contributed by atoms with Crippen LogP contribution in [0.1, 0.15) is 35.2 Å². The lowest BCUT2D eigenvalue weighted by Gasteiger charge is -2.13. The van der Waals surface area contributed by atoms with Gasteiger partial charge >= 0.3 is 0 Å². The van der Waals surface area contributed by atoms with Crippen LogP contribution in [-0.2, 0) is 11.3 Å². The molecule has 134 valence electrons. The monoisotopic (exact) mass is 344 g/mol. The molecule has 1 fully saturated rings. The molecule has 1 aliphatic rings. The minimum atomic E-state index is 0.0271. The number of aliphatic hydroxyl groups excluding tert-OH is 1. The second kappa shape index (κ2) is 8.17. The fourth-order valence-electron chi connectivity index (χ4n) is 2.83. The van der Waals surface area contributed by atoms with E-state index >= 15 is 0 Å². The third kappa shape index (κ3) is 4.83. The number of ether oxygens (including phenoxy) is 1. The largest absolute Gasteiger partial charge is 0.395 e. The van der Waals surface area contributed by atoms with Crippen LogP contribution >= 0.6 is 0 Å². The van der Waals surface area contributed by atoms with E-state index in [1.165, 1.54) is 0 Å². The smallest absolute Gasteiger partial charge is 0.224 e. The lowest BCUT2D eigenvalue weighted by molar-refractivity contribution is 0.193. The molecule has 25 heavy (non-hydrogen) atoms. The Bertz CT molecular complexity index is 698. The van der Waals surface area contributed by atoms with Crippen molar-refractivity contribution in [1.82, 2.24) is 19.9 Å². The molecule has 2 aromatic rings. The first-order chi connectivity index (χ1) is 12.1. The highest BCUT2D eigenvalue weighted by atomic mass is 16.5. The van der Waals surface area contributed by atoms with Crippen molar-refractivity contribution in [3.05, 3.63) is 35.0 Å². The van der Waals surface area contributed by atoms with E-state index in [-0.39, 0.29) is 12.5 Å². The zero-order valence-electron chi connectivity index (χ0n) is 14.6. The van der Waals surface area contributed by atoms with Crippen LogP contribution in [0.25, 0.3) is 0 Å². The van der Waals surface area contributed by atoms with Crippen molar-refractivity contribution in [1.29, 1.82) is 0 Å². The van der Waals surface area contributed by atoms with Crippen LogP contribution in [0.3, 0.4) is 0 Å². The molecular weight excluding hydrogens is 320 g/mol. The molecule has 8 heteroatoms. The molecule has 2 aromatic heterocycles. The van der Waals surface area contributed by atoms with Crippen molar-refractivity contribution in [2.24, 2.45) is 0 Å². The summed E-state index contributed by atoms with van der Waals surface area (Å²) >= 11 is 0. The third-order valence-electron chi connectivity index (χ3n) is 3.95. The predicted molar refractivity (Wildman–Crippen MR) is 94.6 cm³/mol. The number of aryl methyl sites for hydroxylation is 2. The Morgan fingerprint density at radius 2 is 1.92 bits per heavy atom. The summed E-state index contributed by atoms with van der Waals surface area (Å²) in [4.78, 5) is 17.9. The average Bonchev–Trinajstić information content (AvgIpc) is 3.12. The van der Waals surface area contributed by atoms with Crippen molar-refractivity contribution in [3.8, 4) is 0 Å². The molecule has 0 aromatic carbocycles. The molecule has 0 bridgehead atoms. The summed E-state index contributed by atoms with van der Waals surface area (Å²) in [6.07, 6.45) is 0.954. The molecule has 0 aliphatic carbocycles. The van der Waals surface area contributed by atoms with E-state index in [0.717, 1.165) is 35.9 Å². The topological polar surface area (TPSA) is 105 Å². The first kappa shape index (κ1) is 17.5. The van der Waals surface area contributed by atoms with Gasteiger partial charge < -0.3 is 20.5 Å². The van der Waals surface area contributed by atoms with E-state index in [1.54, 1.807) is 0 Å². The van der Waals surface area contributed by atoms with Gasteiger partial charge in [-0.2, -0.15) is 4.98 Å². The highest BCUT2D eigenvalue weighted by molar-refractivity contribution is 5.43. The van der Waals surface area contributed by atoms with Crippen LogP contribution in [0, 0.1) is 13.8 Å². The van der Waals surface area contributed by atoms with E-state index < -0.39 is 0 Å². The Labute approximate surface area is 147 Å². The number of nitrogens with zero attached hydrogens (tertiary/aromatic N) is 4. The molecule has 3 rings (SSSR count). The molecule has 1 atom stereocenters. The van der Waals surface area contributed by atoms with Crippen molar-refractivity contribution in [2.45, 2.75) is 32.7 Å². The first-order valence-corrected chi connectivity index (χ1v) is 8.50. The van der Waals surface area contributed by atoms with Gasteiger partial charge in [0, 0.05) is 36.5 Å². The number of aromatic nitrogens is 4. The molecule has 8 nitrogen and oxygen atoms in total. The van der Waals surface area contributed by atoms with E-state index in [4.69, 9.17) is 9.84 Å². The fraction of sp³-hybridized carbons (Fsp3) is 0.529. The Morgan fingerprint density at radius 3 is 2.60 bits per heavy atom. The van der Waals surface area contributed by atoms with E-state index in [9.17, 15) is 0 Å². The van der Waals surface area contributed by atoms with Gasteiger partial charge in [-0.1, -0.05) is 0 Å². The van der Waals surface area contributed by atoms with Crippen LogP contribution in [0.2, 0.25) is 0 Å². The van der Waals surface area contributed by atoms with Gasteiger partial charge in [0.1, 0.15) is 11.6 Å². The van der Waals surface area contributed by atoms with Crippen molar-refractivity contribution < 1.29 is 9.84 Å². The third-order valence-corrected chi connectivity index (χ3v) is 3.95. The summed E-state index contributed by atoms with van der Waals surface area (Å²) in [5, 5.41) is 15.3. The van der Waals surface area contributed by atoms with Crippen molar-refractivity contribution >= 4 is 11.8 Å². The molecule has 3 heterocycles. The molecule has 3 N–H and O–H groups in total. The van der Waals surface area contributed by atoms with Gasteiger partial charge in [-0.15, -0.1) is 0 Å². The molecule has 0 radical (unpaired) electrons. The van der Waals surface area contributed by atoms with Crippen molar-refractivity contribution in [3.63, 3.8) is 0 Å². The van der Waals surface area contributed by atoms with Crippen LogP contribution < -0.4 is 10.6 Å². The van der Waals surface area contributed by atoms with Gasteiger partial charge in [0.15, 0.2) is 0 Å². The highest BCUT2D eigenvalue weighted by Gasteiger charge is 2.20. The maximum absolute atomic E-state index is 9.01. The average molecular weight is 344 g/mol. The highest BCUT2D eigenvalue weighted by Crippen LogP contribution is 2.26. The molecule has 0 amide bonds. The zero-order chi connectivity index (χ0) is 17.6. The minimum absolute atomic E-state index is 0.0271. The summed E-state index contributed by atoms with van der Waals surface area (Å²) in [5.41, 5.74) is 2.83. The Morgan fingerprint density at radius 1 is 1.12 bits per heavy atom.